The minimum atomic E-state index is 0.102. The highest BCUT2D eigenvalue weighted by Gasteiger charge is 2.19. The fraction of sp³-hybridized carbons (Fsp3) is 0.600. The van der Waals surface area contributed by atoms with Gasteiger partial charge >= 0.3 is 0 Å². The monoisotopic (exact) mass is 211 g/mol. The molecule has 0 radical (unpaired) electrons. The highest BCUT2D eigenvalue weighted by atomic mass is 32.1. The number of rotatable bonds is 2. The van der Waals surface area contributed by atoms with Crippen LogP contribution in [-0.4, -0.2) is 24.0 Å². The van der Waals surface area contributed by atoms with Gasteiger partial charge < -0.3 is 4.74 Å². The molecule has 1 atom stereocenters. The molecule has 4 heteroatoms. The van der Waals surface area contributed by atoms with Crippen LogP contribution in [0, 0.1) is 0 Å². The molecule has 1 unspecified atom stereocenters. The summed E-state index contributed by atoms with van der Waals surface area (Å²) in [6.45, 7) is 3.20. The van der Waals surface area contributed by atoms with Gasteiger partial charge in [-0.2, -0.15) is 0 Å². The fourth-order valence-electron chi connectivity index (χ4n) is 1.57. The quantitative estimate of drug-likeness (QED) is 0.704. The Morgan fingerprint density at radius 2 is 2.57 bits per heavy atom. The number of thiazole rings is 1. The predicted molar refractivity (Wildman–Crippen MR) is 54.9 cm³/mol. The summed E-state index contributed by atoms with van der Waals surface area (Å²) in [4.78, 5) is 16.1. The van der Waals surface area contributed by atoms with Gasteiger partial charge in [0.15, 0.2) is 5.78 Å². The lowest BCUT2D eigenvalue weighted by Crippen LogP contribution is -2.15. The fourth-order valence-corrected chi connectivity index (χ4v) is 2.51. The molecule has 1 aromatic heterocycles. The lowest BCUT2D eigenvalue weighted by atomic mass is 10.0. The van der Waals surface area contributed by atoms with Gasteiger partial charge in [0.05, 0.1) is 16.5 Å². The summed E-state index contributed by atoms with van der Waals surface area (Å²) in [5.41, 5.74) is 0. The normalized spacial score (nSPS) is 22.2. The molecular weight excluding hydrogens is 198 g/mol. The molecule has 1 aliphatic heterocycles. The molecule has 76 valence electrons. The van der Waals surface area contributed by atoms with Gasteiger partial charge in [-0.3, -0.25) is 4.79 Å². The maximum absolute atomic E-state index is 11.1. The summed E-state index contributed by atoms with van der Waals surface area (Å²) < 4.78 is 5.39. The van der Waals surface area contributed by atoms with Crippen molar-refractivity contribution in [2.45, 2.75) is 25.7 Å². The van der Waals surface area contributed by atoms with Crippen LogP contribution in [0.5, 0.6) is 0 Å². The molecule has 0 bridgehead atoms. The summed E-state index contributed by atoms with van der Waals surface area (Å²) in [7, 11) is 0. The van der Waals surface area contributed by atoms with Crippen LogP contribution in [0.4, 0.5) is 0 Å². The zero-order valence-corrected chi connectivity index (χ0v) is 8.97. The number of hydrogen-bond donors (Lipinski definition) is 0. The van der Waals surface area contributed by atoms with Crippen molar-refractivity contribution in [3.63, 3.8) is 0 Å². The third kappa shape index (κ3) is 2.01. The van der Waals surface area contributed by atoms with Gasteiger partial charge in [-0.25, -0.2) is 4.98 Å². The van der Waals surface area contributed by atoms with E-state index in [1.54, 1.807) is 13.1 Å². The molecule has 3 nitrogen and oxygen atoms in total. The number of aromatic nitrogens is 1. The molecule has 2 heterocycles. The summed E-state index contributed by atoms with van der Waals surface area (Å²) in [5.74, 6) is 0.507. The Labute approximate surface area is 87.1 Å². The van der Waals surface area contributed by atoms with E-state index in [-0.39, 0.29) is 5.78 Å². The lowest BCUT2D eigenvalue weighted by Gasteiger charge is -2.19. The summed E-state index contributed by atoms with van der Waals surface area (Å²) in [5, 5.41) is 1.05. The molecule has 1 aromatic rings. The molecule has 14 heavy (non-hydrogen) atoms. The number of Topliss-reactive ketones (excluding diaryl/α,β-unsaturated/α-hetero) is 1. The molecule has 0 spiro atoms. The van der Waals surface area contributed by atoms with Gasteiger partial charge in [0, 0.05) is 25.6 Å². The summed E-state index contributed by atoms with van der Waals surface area (Å²) >= 11 is 1.51. The Balaban J connectivity index is 2.11. The third-order valence-electron chi connectivity index (χ3n) is 2.38. The minimum Gasteiger partial charge on any atom is -0.381 e. The van der Waals surface area contributed by atoms with Crippen LogP contribution in [0.1, 0.15) is 40.4 Å². The van der Waals surface area contributed by atoms with E-state index in [0.717, 1.165) is 35.9 Å². The second-order valence-corrected chi connectivity index (χ2v) is 4.60. The number of carbonyl (C=O) groups is 1. The standard InChI is InChI=1S/C10H13NO2S/c1-7(12)9-5-11-10(14-9)8-3-2-4-13-6-8/h5,8H,2-4,6H2,1H3. The number of hydrogen-bond acceptors (Lipinski definition) is 4. The van der Waals surface area contributed by atoms with Gasteiger partial charge in [-0.05, 0) is 12.8 Å². The van der Waals surface area contributed by atoms with Crippen molar-refractivity contribution in [2.75, 3.05) is 13.2 Å². The van der Waals surface area contributed by atoms with Crippen LogP contribution in [0.2, 0.25) is 0 Å². The van der Waals surface area contributed by atoms with E-state index in [1.165, 1.54) is 11.3 Å². The summed E-state index contributed by atoms with van der Waals surface area (Å²) in [6, 6.07) is 0. The van der Waals surface area contributed by atoms with Crippen LogP contribution in [0.15, 0.2) is 6.20 Å². The number of ketones is 1. The Bertz CT molecular complexity index is 329. The van der Waals surface area contributed by atoms with Crippen molar-refractivity contribution >= 4 is 17.1 Å². The largest absolute Gasteiger partial charge is 0.381 e. The van der Waals surface area contributed by atoms with Gasteiger partial charge in [0.1, 0.15) is 0 Å². The predicted octanol–water partition coefficient (Wildman–Crippen LogP) is 2.24. The first kappa shape index (κ1) is 9.80. The van der Waals surface area contributed by atoms with E-state index >= 15 is 0 Å². The number of nitrogens with zero attached hydrogens (tertiary/aromatic N) is 1. The zero-order valence-electron chi connectivity index (χ0n) is 8.16. The first-order valence-corrected chi connectivity index (χ1v) is 5.63. The molecule has 2 rings (SSSR count). The van der Waals surface area contributed by atoms with Crippen LogP contribution < -0.4 is 0 Å². The molecule has 1 fully saturated rings. The maximum Gasteiger partial charge on any atom is 0.171 e. The van der Waals surface area contributed by atoms with Crippen molar-refractivity contribution in [1.29, 1.82) is 0 Å². The van der Waals surface area contributed by atoms with Gasteiger partial charge in [0.2, 0.25) is 0 Å². The first-order chi connectivity index (χ1) is 6.77. The Hall–Kier alpha value is -0.740. The molecular formula is C10H13NO2S. The number of ether oxygens (including phenoxy) is 1. The average Bonchev–Trinajstić information content (AvgIpc) is 2.68. The second kappa shape index (κ2) is 4.19. The van der Waals surface area contributed by atoms with E-state index in [0.29, 0.717) is 5.92 Å². The molecule has 0 aliphatic carbocycles. The molecule has 0 aromatic carbocycles. The SMILES string of the molecule is CC(=O)c1cnc(C2CCCOC2)s1. The smallest absolute Gasteiger partial charge is 0.171 e. The number of carbonyl (C=O) groups excluding carboxylic acids is 1. The van der Waals surface area contributed by atoms with E-state index in [1.807, 2.05) is 0 Å². The van der Waals surface area contributed by atoms with Crippen molar-refractivity contribution in [3.8, 4) is 0 Å². The Kier molecular flexibility index (Phi) is 2.93. The van der Waals surface area contributed by atoms with E-state index < -0.39 is 0 Å². The Morgan fingerprint density at radius 1 is 1.71 bits per heavy atom. The molecule has 1 saturated heterocycles. The molecule has 0 amide bonds. The summed E-state index contributed by atoms with van der Waals surface area (Å²) in [6.07, 6.45) is 3.90. The lowest BCUT2D eigenvalue weighted by molar-refractivity contribution is 0.0803. The zero-order chi connectivity index (χ0) is 9.97. The van der Waals surface area contributed by atoms with Crippen molar-refractivity contribution in [2.24, 2.45) is 0 Å². The van der Waals surface area contributed by atoms with E-state index in [2.05, 4.69) is 4.98 Å². The second-order valence-electron chi connectivity index (χ2n) is 3.53. The first-order valence-electron chi connectivity index (χ1n) is 4.82. The average molecular weight is 211 g/mol. The molecule has 0 saturated carbocycles. The van der Waals surface area contributed by atoms with Crippen LogP contribution in [0.25, 0.3) is 0 Å². The van der Waals surface area contributed by atoms with Crippen molar-refractivity contribution in [3.05, 3.63) is 16.1 Å². The minimum absolute atomic E-state index is 0.102. The van der Waals surface area contributed by atoms with Crippen LogP contribution in [-0.2, 0) is 4.74 Å². The maximum atomic E-state index is 11.1. The van der Waals surface area contributed by atoms with Crippen molar-refractivity contribution < 1.29 is 9.53 Å². The van der Waals surface area contributed by atoms with Crippen molar-refractivity contribution in [1.82, 2.24) is 4.98 Å². The topological polar surface area (TPSA) is 39.2 Å². The third-order valence-corrected chi connectivity index (χ3v) is 3.64. The molecule has 1 aliphatic rings. The Morgan fingerprint density at radius 3 is 3.14 bits per heavy atom. The van der Waals surface area contributed by atoms with Gasteiger partial charge in [-0.1, -0.05) is 0 Å². The molecule has 0 N–H and O–H groups in total. The van der Waals surface area contributed by atoms with Crippen LogP contribution >= 0.6 is 11.3 Å². The van der Waals surface area contributed by atoms with Gasteiger partial charge in [-0.15, -0.1) is 11.3 Å². The highest BCUT2D eigenvalue weighted by Crippen LogP contribution is 2.28. The highest BCUT2D eigenvalue weighted by molar-refractivity contribution is 7.13. The van der Waals surface area contributed by atoms with Crippen LogP contribution in [0.3, 0.4) is 0 Å². The van der Waals surface area contributed by atoms with Gasteiger partial charge in [0.25, 0.3) is 0 Å². The van der Waals surface area contributed by atoms with E-state index in [4.69, 9.17) is 4.74 Å². The van der Waals surface area contributed by atoms with E-state index in [9.17, 15) is 4.79 Å².